The van der Waals surface area contributed by atoms with Gasteiger partial charge in [-0.2, -0.15) is 5.10 Å². The summed E-state index contributed by atoms with van der Waals surface area (Å²) in [5, 5.41) is 12.9. The van der Waals surface area contributed by atoms with Gasteiger partial charge in [-0.25, -0.2) is 4.98 Å². The third-order valence-corrected chi connectivity index (χ3v) is 2.59. The minimum atomic E-state index is -1.19. The third kappa shape index (κ3) is 1.48. The van der Waals surface area contributed by atoms with Gasteiger partial charge >= 0.3 is 5.97 Å². The Kier molecular flexibility index (Phi) is 1.99. The molecule has 6 nitrogen and oxygen atoms in total. The first-order valence-corrected chi connectivity index (χ1v) is 4.47. The van der Waals surface area contributed by atoms with Crippen LogP contribution >= 0.6 is 0 Å². The van der Waals surface area contributed by atoms with Crippen molar-refractivity contribution in [2.45, 2.75) is 24.9 Å². The SMILES string of the molecule is NC(Cn1cncn1)(C(=O)O)C1CC1. The second-order valence-corrected chi connectivity index (χ2v) is 3.71. The Morgan fingerprint density at radius 2 is 2.43 bits per heavy atom. The van der Waals surface area contributed by atoms with Gasteiger partial charge in [-0.1, -0.05) is 0 Å². The van der Waals surface area contributed by atoms with Crippen molar-refractivity contribution < 1.29 is 9.90 Å². The van der Waals surface area contributed by atoms with Crippen LogP contribution in [-0.4, -0.2) is 31.4 Å². The number of nitrogens with zero attached hydrogens (tertiary/aromatic N) is 3. The summed E-state index contributed by atoms with van der Waals surface area (Å²) in [4.78, 5) is 14.8. The highest BCUT2D eigenvalue weighted by atomic mass is 16.4. The van der Waals surface area contributed by atoms with Gasteiger partial charge in [0, 0.05) is 0 Å². The number of hydrogen-bond acceptors (Lipinski definition) is 4. The van der Waals surface area contributed by atoms with Crippen LogP contribution < -0.4 is 5.73 Å². The summed E-state index contributed by atoms with van der Waals surface area (Å²) in [5.41, 5.74) is 4.66. The van der Waals surface area contributed by atoms with Crippen molar-refractivity contribution in [2.24, 2.45) is 11.7 Å². The summed E-state index contributed by atoms with van der Waals surface area (Å²) in [6.45, 7) is 0.188. The summed E-state index contributed by atoms with van der Waals surface area (Å²) in [6, 6.07) is 0. The normalized spacial score (nSPS) is 20.4. The molecule has 1 aromatic heterocycles. The van der Waals surface area contributed by atoms with Gasteiger partial charge in [-0.05, 0) is 18.8 Å². The molecule has 0 spiro atoms. The monoisotopic (exact) mass is 196 g/mol. The van der Waals surface area contributed by atoms with E-state index in [-0.39, 0.29) is 12.5 Å². The van der Waals surface area contributed by atoms with Gasteiger partial charge in [0.15, 0.2) is 0 Å². The van der Waals surface area contributed by atoms with E-state index < -0.39 is 11.5 Å². The zero-order valence-corrected chi connectivity index (χ0v) is 7.63. The summed E-state index contributed by atoms with van der Waals surface area (Å²) < 4.78 is 1.46. The van der Waals surface area contributed by atoms with Crippen LogP contribution in [0.5, 0.6) is 0 Å². The van der Waals surface area contributed by atoms with E-state index in [1.54, 1.807) is 0 Å². The van der Waals surface area contributed by atoms with Crippen LogP contribution in [0.15, 0.2) is 12.7 Å². The molecule has 3 N–H and O–H groups in total. The molecule has 0 amide bonds. The Bertz CT molecular complexity index is 333. The Hall–Kier alpha value is -1.43. The predicted octanol–water partition coefficient (Wildman–Crippen LogP) is -0.530. The van der Waals surface area contributed by atoms with Gasteiger partial charge in [0.05, 0.1) is 6.54 Å². The topological polar surface area (TPSA) is 94.0 Å². The van der Waals surface area contributed by atoms with E-state index in [0.717, 1.165) is 12.8 Å². The molecule has 1 unspecified atom stereocenters. The Balaban J connectivity index is 2.15. The second-order valence-electron chi connectivity index (χ2n) is 3.71. The summed E-state index contributed by atoms with van der Waals surface area (Å²) in [5.74, 6) is -0.889. The number of aromatic nitrogens is 3. The first-order chi connectivity index (χ1) is 6.63. The van der Waals surface area contributed by atoms with E-state index in [4.69, 9.17) is 10.8 Å². The lowest BCUT2D eigenvalue weighted by atomic mass is 9.95. The zero-order valence-electron chi connectivity index (χ0n) is 7.63. The van der Waals surface area contributed by atoms with Gasteiger partial charge in [-0.3, -0.25) is 9.48 Å². The molecule has 1 atom stereocenters. The molecule has 1 aromatic rings. The van der Waals surface area contributed by atoms with Crippen molar-refractivity contribution in [3.05, 3.63) is 12.7 Å². The smallest absolute Gasteiger partial charge is 0.325 e. The molecular formula is C8H12N4O2. The summed E-state index contributed by atoms with van der Waals surface area (Å²) >= 11 is 0. The molecule has 2 rings (SSSR count). The van der Waals surface area contributed by atoms with Crippen LogP contribution in [0, 0.1) is 5.92 Å². The lowest BCUT2D eigenvalue weighted by Gasteiger charge is -2.23. The maximum absolute atomic E-state index is 11.0. The van der Waals surface area contributed by atoms with E-state index in [1.807, 2.05) is 0 Å². The lowest BCUT2D eigenvalue weighted by Crippen LogP contribution is -2.53. The molecule has 1 aliphatic rings. The quantitative estimate of drug-likeness (QED) is 0.675. The van der Waals surface area contributed by atoms with E-state index in [1.165, 1.54) is 17.3 Å². The highest BCUT2D eigenvalue weighted by molar-refractivity contribution is 5.79. The summed E-state index contributed by atoms with van der Waals surface area (Å²) in [7, 11) is 0. The molecule has 0 aromatic carbocycles. The van der Waals surface area contributed by atoms with Crippen molar-refractivity contribution in [2.75, 3.05) is 0 Å². The lowest BCUT2D eigenvalue weighted by molar-refractivity contribution is -0.145. The number of carbonyl (C=O) groups is 1. The average Bonchev–Trinajstić information content (AvgIpc) is 2.87. The minimum absolute atomic E-state index is 0.0733. The molecule has 6 heteroatoms. The molecular weight excluding hydrogens is 184 g/mol. The standard InChI is InChI=1S/C8H12N4O2/c9-8(7(13)14,6-1-2-6)3-12-5-10-4-11-12/h4-6H,1-3,9H2,(H,13,14). The maximum atomic E-state index is 11.0. The molecule has 0 bridgehead atoms. The second kappa shape index (κ2) is 3.06. The molecule has 1 aliphatic carbocycles. The highest BCUT2D eigenvalue weighted by Crippen LogP contribution is 2.39. The Labute approximate surface area is 80.7 Å². The first-order valence-electron chi connectivity index (χ1n) is 4.47. The van der Waals surface area contributed by atoms with Crippen LogP contribution in [0.2, 0.25) is 0 Å². The molecule has 1 fully saturated rings. The number of carboxylic acids is 1. The van der Waals surface area contributed by atoms with Crippen molar-refractivity contribution in [1.29, 1.82) is 0 Å². The van der Waals surface area contributed by atoms with Gasteiger partial charge < -0.3 is 10.8 Å². The van der Waals surface area contributed by atoms with Crippen molar-refractivity contribution >= 4 is 5.97 Å². The van der Waals surface area contributed by atoms with Gasteiger partial charge in [0.1, 0.15) is 18.2 Å². The van der Waals surface area contributed by atoms with Gasteiger partial charge in [-0.15, -0.1) is 0 Å². The average molecular weight is 196 g/mol. The Morgan fingerprint density at radius 3 is 2.86 bits per heavy atom. The molecule has 1 heterocycles. The number of aliphatic carboxylic acids is 1. The van der Waals surface area contributed by atoms with Crippen LogP contribution in [0.1, 0.15) is 12.8 Å². The molecule has 0 saturated heterocycles. The van der Waals surface area contributed by atoms with Crippen molar-refractivity contribution in [1.82, 2.24) is 14.8 Å². The summed E-state index contributed by atoms with van der Waals surface area (Å²) in [6.07, 6.45) is 4.62. The predicted molar refractivity (Wildman–Crippen MR) is 47.3 cm³/mol. The molecule has 0 aliphatic heterocycles. The third-order valence-electron chi connectivity index (χ3n) is 2.59. The minimum Gasteiger partial charge on any atom is -0.480 e. The van der Waals surface area contributed by atoms with E-state index >= 15 is 0 Å². The molecule has 76 valence electrons. The fraction of sp³-hybridized carbons (Fsp3) is 0.625. The number of rotatable bonds is 4. The van der Waals surface area contributed by atoms with Crippen LogP contribution in [0.4, 0.5) is 0 Å². The first kappa shape index (κ1) is 9.14. The number of hydrogen-bond donors (Lipinski definition) is 2. The van der Waals surface area contributed by atoms with Crippen molar-refractivity contribution in [3.8, 4) is 0 Å². The largest absolute Gasteiger partial charge is 0.480 e. The van der Waals surface area contributed by atoms with Crippen LogP contribution in [-0.2, 0) is 11.3 Å². The Morgan fingerprint density at radius 1 is 1.71 bits per heavy atom. The van der Waals surface area contributed by atoms with Gasteiger partial charge in [0.2, 0.25) is 0 Å². The number of carboxylic acid groups (broad SMARTS) is 1. The van der Waals surface area contributed by atoms with Gasteiger partial charge in [0.25, 0.3) is 0 Å². The molecule has 1 saturated carbocycles. The fourth-order valence-corrected chi connectivity index (χ4v) is 1.55. The zero-order chi connectivity index (χ0) is 10.2. The maximum Gasteiger partial charge on any atom is 0.325 e. The van der Waals surface area contributed by atoms with Crippen LogP contribution in [0.3, 0.4) is 0 Å². The van der Waals surface area contributed by atoms with E-state index in [2.05, 4.69) is 10.1 Å². The highest BCUT2D eigenvalue weighted by Gasteiger charge is 2.48. The van der Waals surface area contributed by atoms with E-state index in [9.17, 15) is 4.79 Å². The fourth-order valence-electron chi connectivity index (χ4n) is 1.55. The molecule has 0 radical (unpaired) electrons. The van der Waals surface area contributed by atoms with Crippen LogP contribution in [0.25, 0.3) is 0 Å². The number of nitrogens with two attached hydrogens (primary N) is 1. The van der Waals surface area contributed by atoms with Crippen molar-refractivity contribution in [3.63, 3.8) is 0 Å². The van der Waals surface area contributed by atoms with E-state index in [0.29, 0.717) is 0 Å². The molecule has 14 heavy (non-hydrogen) atoms.